The largest absolute Gasteiger partial charge is 0.298 e. The summed E-state index contributed by atoms with van der Waals surface area (Å²) < 4.78 is 0. The van der Waals surface area contributed by atoms with Gasteiger partial charge in [0, 0.05) is 18.9 Å². The second-order valence-corrected chi connectivity index (χ2v) is 4.45. The quantitative estimate of drug-likeness (QED) is 0.778. The van der Waals surface area contributed by atoms with Gasteiger partial charge in [-0.1, -0.05) is 6.42 Å². The van der Waals surface area contributed by atoms with Gasteiger partial charge in [0.2, 0.25) is 0 Å². The number of pyridine rings is 1. The average molecular weight is 218 g/mol. The van der Waals surface area contributed by atoms with Crippen molar-refractivity contribution in [2.24, 2.45) is 0 Å². The molecule has 0 aliphatic carbocycles. The van der Waals surface area contributed by atoms with Crippen molar-refractivity contribution >= 4 is 5.78 Å². The Morgan fingerprint density at radius 2 is 2.19 bits per heavy atom. The van der Waals surface area contributed by atoms with E-state index in [-0.39, 0.29) is 6.04 Å². The topological polar surface area (TPSA) is 33.2 Å². The van der Waals surface area contributed by atoms with Gasteiger partial charge in [0.05, 0.1) is 6.04 Å². The molecule has 1 aliphatic rings. The monoisotopic (exact) mass is 218 g/mol. The summed E-state index contributed by atoms with van der Waals surface area (Å²) in [5.41, 5.74) is 1.24. The fraction of sp³-hybridized carbons (Fsp3) is 0.538. The molecule has 0 saturated carbocycles. The summed E-state index contributed by atoms with van der Waals surface area (Å²) in [6.45, 7) is 3.61. The molecule has 1 aromatic rings. The Morgan fingerprint density at radius 1 is 1.44 bits per heavy atom. The molecule has 0 N–H and O–H groups in total. The molecule has 1 fully saturated rings. The maximum absolute atomic E-state index is 11.5. The second-order valence-electron chi connectivity index (χ2n) is 4.45. The molecule has 2 heterocycles. The van der Waals surface area contributed by atoms with Crippen molar-refractivity contribution in [3.63, 3.8) is 0 Å². The van der Waals surface area contributed by atoms with E-state index >= 15 is 0 Å². The van der Waals surface area contributed by atoms with E-state index in [1.807, 2.05) is 24.5 Å². The number of likely N-dealkylation sites (tertiary alicyclic amines) is 1. The van der Waals surface area contributed by atoms with Crippen molar-refractivity contribution in [1.29, 1.82) is 0 Å². The zero-order valence-corrected chi connectivity index (χ0v) is 9.72. The molecule has 1 atom stereocenters. The lowest BCUT2D eigenvalue weighted by molar-refractivity contribution is -0.123. The Balaban J connectivity index is 2.04. The summed E-state index contributed by atoms with van der Waals surface area (Å²) in [5, 5.41) is 0. The lowest BCUT2D eigenvalue weighted by Crippen LogP contribution is -2.43. The minimum atomic E-state index is 0.127. The molecule has 0 radical (unpaired) electrons. The van der Waals surface area contributed by atoms with Crippen LogP contribution in [-0.2, 0) is 11.3 Å². The number of Topliss-reactive ketones (excluding diaryl/α,β-unsaturated/α-hetero) is 1. The van der Waals surface area contributed by atoms with Crippen LogP contribution in [0, 0.1) is 0 Å². The average Bonchev–Trinajstić information content (AvgIpc) is 2.31. The number of piperidine rings is 1. The SMILES string of the molecule is CC(=O)C1CCCCN1Cc1ccncc1. The highest BCUT2D eigenvalue weighted by atomic mass is 16.1. The molecule has 0 bridgehead atoms. The normalized spacial score (nSPS) is 21.9. The minimum Gasteiger partial charge on any atom is -0.298 e. The summed E-state index contributed by atoms with van der Waals surface area (Å²) >= 11 is 0. The third-order valence-electron chi connectivity index (χ3n) is 3.22. The minimum absolute atomic E-state index is 0.127. The predicted molar refractivity (Wildman–Crippen MR) is 63.0 cm³/mol. The number of rotatable bonds is 3. The Bertz CT molecular complexity index is 350. The number of carbonyl (C=O) groups excluding carboxylic acids is 1. The van der Waals surface area contributed by atoms with Gasteiger partial charge < -0.3 is 0 Å². The number of aromatic nitrogens is 1. The van der Waals surface area contributed by atoms with Gasteiger partial charge in [-0.25, -0.2) is 0 Å². The molecule has 0 spiro atoms. The van der Waals surface area contributed by atoms with Crippen LogP contribution in [0.4, 0.5) is 0 Å². The van der Waals surface area contributed by atoms with Crippen LogP contribution in [0.3, 0.4) is 0 Å². The summed E-state index contributed by atoms with van der Waals surface area (Å²) in [5.74, 6) is 0.300. The molecule has 86 valence electrons. The predicted octanol–water partition coefficient (Wildman–Crippen LogP) is 2.03. The highest BCUT2D eigenvalue weighted by Gasteiger charge is 2.25. The van der Waals surface area contributed by atoms with Gasteiger partial charge >= 0.3 is 0 Å². The Hall–Kier alpha value is -1.22. The van der Waals surface area contributed by atoms with Gasteiger partial charge in [0.15, 0.2) is 0 Å². The molecular weight excluding hydrogens is 200 g/mol. The van der Waals surface area contributed by atoms with E-state index in [4.69, 9.17) is 0 Å². The smallest absolute Gasteiger partial charge is 0.146 e. The molecule has 1 aliphatic heterocycles. The van der Waals surface area contributed by atoms with E-state index in [1.165, 1.54) is 18.4 Å². The molecule has 1 aromatic heterocycles. The van der Waals surface area contributed by atoms with Gasteiger partial charge in [-0.3, -0.25) is 14.7 Å². The Labute approximate surface area is 96.5 Å². The fourth-order valence-electron chi connectivity index (χ4n) is 2.36. The van der Waals surface area contributed by atoms with Gasteiger partial charge in [-0.2, -0.15) is 0 Å². The highest BCUT2D eigenvalue weighted by molar-refractivity contribution is 5.81. The third-order valence-corrected chi connectivity index (χ3v) is 3.22. The number of ketones is 1. The molecule has 0 amide bonds. The van der Waals surface area contributed by atoms with Crippen LogP contribution >= 0.6 is 0 Å². The molecule has 1 saturated heterocycles. The van der Waals surface area contributed by atoms with E-state index in [1.54, 1.807) is 6.92 Å². The van der Waals surface area contributed by atoms with Crippen molar-refractivity contribution in [2.45, 2.75) is 38.8 Å². The molecule has 1 unspecified atom stereocenters. The van der Waals surface area contributed by atoms with Crippen molar-refractivity contribution in [1.82, 2.24) is 9.88 Å². The second kappa shape index (κ2) is 5.21. The first-order valence-corrected chi connectivity index (χ1v) is 5.91. The fourth-order valence-corrected chi connectivity index (χ4v) is 2.36. The van der Waals surface area contributed by atoms with Crippen molar-refractivity contribution in [2.75, 3.05) is 6.54 Å². The van der Waals surface area contributed by atoms with Gasteiger partial charge in [0.1, 0.15) is 5.78 Å². The maximum atomic E-state index is 11.5. The number of hydrogen-bond acceptors (Lipinski definition) is 3. The Morgan fingerprint density at radius 3 is 2.88 bits per heavy atom. The zero-order valence-electron chi connectivity index (χ0n) is 9.72. The lowest BCUT2D eigenvalue weighted by Gasteiger charge is -2.34. The van der Waals surface area contributed by atoms with Crippen LogP contribution in [0.15, 0.2) is 24.5 Å². The van der Waals surface area contributed by atoms with Crippen LogP contribution in [0.5, 0.6) is 0 Å². The number of hydrogen-bond donors (Lipinski definition) is 0. The maximum Gasteiger partial charge on any atom is 0.146 e. The van der Waals surface area contributed by atoms with Gasteiger partial charge in [-0.15, -0.1) is 0 Å². The van der Waals surface area contributed by atoms with Crippen LogP contribution in [0.25, 0.3) is 0 Å². The molecular formula is C13H18N2O. The van der Waals surface area contributed by atoms with Crippen molar-refractivity contribution in [3.8, 4) is 0 Å². The molecule has 16 heavy (non-hydrogen) atoms. The summed E-state index contributed by atoms with van der Waals surface area (Å²) in [7, 11) is 0. The summed E-state index contributed by atoms with van der Waals surface area (Å²) in [6.07, 6.45) is 7.01. The lowest BCUT2D eigenvalue weighted by atomic mass is 9.98. The van der Waals surface area contributed by atoms with Crippen LogP contribution < -0.4 is 0 Å². The first-order valence-electron chi connectivity index (χ1n) is 5.91. The number of nitrogens with zero attached hydrogens (tertiary/aromatic N) is 2. The van der Waals surface area contributed by atoms with E-state index in [0.717, 1.165) is 19.5 Å². The van der Waals surface area contributed by atoms with Crippen LogP contribution in [0.1, 0.15) is 31.7 Å². The van der Waals surface area contributed by atoms with E-state index in [0.29, 0.717) is 5.78 Å². The van der Waals surface area contributed by atoms with E-state index < -0.39 is 0 Å². The summed E-state index contributed by atoms with van der Waals surface area (Å²) in [4.78, 5) is 17.8. The standard InChI is InChI=1S/C13H18N2O/c1-11(16)13-4-2-3-9-15(13)10-12-5-7-14-8-6-12/h5-8,13H,2-4,9-10H2,1H3. The van der Waals surface area contributed by atoms with Crippen LogP contribution in [-0.4, -0.2) is 28.3 Å². The van der Waals surface area contributed by atoms with E-state index in [2.05, 4.69) is 9.88 Å². The summed E-state index contributed by atoms with van der Waals surface area (Å²) in [6, 6.07) is 4.17. The molecule has 2 rings (SSSR count). The number of carbonyl (C=O) groups is 1. The third kappa shape index (κ3) is 2.67. The molecule has 3 nitrogen and oxygen atoms in total. The molecule has 0 aromatic carbocycles. The van der Waals surface area contributed by atoms with Gasteiger partial charge in [-0.05, 0) is 44.0 Å². The Kier molecular flexibility index (Phi) is 3.67. The first kappa shape index (κ1) is 11.3. The first-order chi connectivity index (χ1) is 7.77. The zero-order chi connectivity index (χ0) is 11.4. The van der Waals surface area contributed by atoms with Crippen molar-refractivity contribution in [3.05, 3.63) is 30.1 Å². The van der Waals surface area contributed by atoms with Crippen LogP contribution in [0.2, 0.25) is 0 Å². The highest BCUT2D eigenvalue weighted by Crippen LogP contribution is 2.19. The van der Waals surface area contributed by atoms with E-state index in [9.17, 15) is 4.79 Å². The molecule has 3 heteroatoms. The van der Waals surface area contributed by atoms with Gasteiger partial charge in [0.25, 0.3) is 0 Å². The van der Waals surface area contributed by atoms with Crippen molar-refractivity contribution < 1.29 is 4.79 Å².